The third-order valence-electron chi connectivity index (χ3n) is 5.43. The molecule has 2 unspecified atom stereocenters. The van der Waals surface area contributed by atoms with Crippen molar-refractivity contribution in [3.63, 3.8) is 0 Å². The van der Waals surface area contributed by atoms with Crippen LogP contribution in [0.4, 0.5) is 0 Å². The van der Waals surface area contributed by atoms with E-state index in [4.69, 9.17) is 4.52 Å². The lowest BCUT2D eigenvalue weighted by atomic mass is 9.88. The van der Waals surface area contributed by atoms with E-state index >= 15 is 0 Å². The summed E-state index contributed by atoms with van der Waals surface area (Å²) >= 11 is 0. The zero-order chi connectivity index (χ0) is 13.1. The van der Waals surface area contributed by atoms with E-state index in [9.17, 15) is 0 Å². The molecule has 20 heavy (non-hydrogen) atoms. The van der Waals surface area contributed by atoms with E-state index in [0.717, 1.165) is 11.5 Å². The quantitative estimate of drug-likeness (QED) is 0.902. The summed E-state index contributed by atoms with van der Waals surface area (Å²) in [7, 11) is 0. The molecule has 0 radical (unpaired) electrons. The lowest BCUT2D eigenvalue weighted by molar-refractivity contribution is 0.345. The molecule has 3 fully saturated rings. The third kappa shape index (κ3) is 1.72. The van der Waals surface area contributed by atoms with E-state index < -0.39 is 0 Å². The molecule has 2 atom stereocenters. The average Bonchev–Trinajstić information content (AvgIpc) is 3.16. The Bertz CT molecular complexity index is 646. The van der Waals surface area contributed by atoms with Crippen LogP contribution >= 0.6 is 0 Å². The van der Waals surface area contributed by atoms with Gasteiger partial charge in [-0.1, -0.05) is 11.2 Å². The van der Waals surface area contributed by atoms with Crippen LogP contribution in [0.5, 0.6) is 0 Å². The molecule has 3 heterocycles. The van der Waals surface area contributed by atoms with Crippen molar-refractivity contribution in [2.75, 3.05) is 0 Å². The molecule has 2 aromatic rings. The van der Waals surface area contributed by atoms with Gasteiger partial charge in [0, 0.05) is 23.4 Å². The fourth-order valence-electron chi connectivity index (χ4n) is 4.22. The number of nitrogens with zero attached hydrogens (tertiary/aromatic N) is 1. The second-order valence-electron chi connectivity index (χ2n) is 6.90. The van der Waals surface area contributed by atoms with Crippen LogP contribution in [0.1, 0.15) is 61.6 Å². The standard InChI is InChI=1S/C17H20N2O/c1-2-10(1)11-3-6-16-15(9-11)17(19-20-16)12-7-13-4-5-14(8-12)18-13/h3,6,9-10,12-14,18H,1-2,4-5,7-8H2. The highest BCUT2D eigenvalue weighted by molar-refractivity contribution is 5.81. The summed E-state index contributed by atoms with van der Waals surface area (Å²) in [5.41, 5.74) is 3.68. The Labute approximate surface area is 118 Å². The summed E-state index contributed by atoms with van der Waals surface area (Å²) in [6, 6.07) is 8.10. The largest absolute Gasteiger partial charge is 0.356 e. The van der Waals surface area contributed by atoms with Gasteiger partial charge in [-0.15, -0.1) is 0 Å². The first-order valence-corrected chi connectivity index (χ1v) is 8.02. The molecule has 1 aromatic heterocycles. The molecule has 5 rings (SSSR count). The minimum Gasteiger partial charge on any atom is -0.356 e. The first-order chi connectivity index (χ1) is 9.87. The Balaban J connectivity index is 1.55. The number of hydrogen-bond donors (Lipinski definition) is 1. The number of rotatable bonds is 2. The topological polar surface area (TPSA) is 38.1 Å². The van der Waals surface area contributed by atoms with Crippen molar-refractivity contribution in [1.29, 1.82) is 0 Å². The maximum absolute atomic E-state index is 5.58. The highest BCUT2D eigenvalue weighted by Crippen LogP contribution is 2.43. The summed E-state index contributed by atoms with van der Waals surface area (Å²) in [6.45, 7) is 0. The van der Waals surface area contributed by atoms with E-state index in [1.54, 1.807) is 0 Å². The summed E-state index contributed by atoms with van der Waals surface area (Å²) in [4.78, 5) is 0. The monoisotopic (exact) mass is 268 g/mol. The lowest BCUT2D eigenvalue weighted by Gasteiger charge is -2.27. The summed E-state index contributed by atoms with van der Waals surface area (Å²) < 4.78 is 5.58. The molecule has 2 bridgehead atoms. The number of benzene rings is 1. The summed E-state index contributed by atoms with van der Waals surface area (Å²) in [5.74, 6) is 1.39. The molecule has 2 aliphatic heterocycles. The van der Waals surface area contributed by atoms with Crippen molar-refractivity contribution < 1.29 is 4.52 Å². The molecule has 0 amide bonds. The number of nitrogens with one attached hydrogen (secondary N) is 1. The molecule has 3 nitrogen and oxygen atoms in total. The maximum Gasteiger partial charge on any atom is 0.167 e. The Morgan fingerprint density at radius 3 is 2.55 bits per heavy atom. The zero-order valence-corrected chi connectivity index (χ0v) is 11.6. The highest BCUT2D eigenvalue weighted by atomic mass is 16.5. The van der Waals surface area contributed by atoms with Crippen molar-refractivity contribution in [2.24, 2.45) is 0 Å². The Kier molecular flexibility index (Phi) is 2.31. The molecule has 1 aromatic carbocycles. The van der Waals surface area contributed by atoms with E-state index in [1.165, 1.54) is 55.2 Å². The van der Waals surface area contributed by atoms with Crippen LogP contribution in [-0.4, -0.2) is 17.2 Å². The van der Waals surface area contributed by atoms with Crippen LogP contribution in [0.15, 0.2) is 22.7 Å². The molecule has 2 saturated heterocycles. The van der Waals surface area contributed by atoms with E-state index in [2.05, 4.69) is 28.7 Å². The zero-order valence-electron chi connectivity index (χ0n) is 11.6. The van der Waals surface area contributed by atoms with Gasteiger partial charge in [-0.25, -0.2) is 0 Å². The normalized spacial score (nSPS) is 32.9. The lowest BCUT2D eigenvalue weighted by Crippen LogP contribution is -2.37. The average molecular weight is 268 g/mol. The number of hydrogen-bond acceptors (Lipinski definition) is 3. The van der Waals surface area contributed by atoms with Gasteiger partial charge in [0.05, 0.1) is 5.69 Å². The van der Waals surface area contributed by atoms with Gasteiger partial charge in [0.1, 0.15) is 0 Å². The van der Waals surface area contributed by atoms with Crippen molar-refractivity contribution in [2.45, 2.75) is 62.4 Å². The fraction of sp³-hybridized carbons (Fsp3) is 0.588. The van der Waals surface area contributed by atoms with Crippen molar-refractivity contribution in [3.05, 3.63) is 29.5 Å². The summed E-state index contributed by atoms with van der Waals surface area (Å²) in [5, 5.41) is 9.42. The van der Waals surface area contributed by atoms with Gasteiger partial charge in [-0.05, 0) is 62.1 Å². The van der Waals surface area contributed by atoms with Crippen LogP contribution in [0, 0.1) is 0 Å². The van der Waals surface area contributed by atoms with Crippen molar-refractivity contribution >= 4 is 11.0 Å². The predicted octanol–water partition coefficient (Wildman–Crippen LogP) is 3.70. The van der Waals surface area contributed by atoms with Crippen molar-refractivity contribution in [3.8, 4) is 0 Å². The van der Waals surface area contributed by atoms with Gasteiger partial charge in [0.15, 0.2) is 5.58 Å². The molecule has 1 aliphatic carbocycles. The third-order valence-corrected chi connectivity index (χ3v) is 5.43. The molecule has 3 aliphatic rings. The van der Waals surface area contributed by atoms with E-state index in [0.29, 0.717) is 18.0 Å². The molecule has 0 spiro atoms. The molecule has 104 valence electrons. The number of piperidine rings is 1. The van der Waals surface area contributed by atoms with Crippen LogP contribution in [0.25, 0.3) is 11.0 Å². The SMILES string of the molecule is c1cc2onc(C3CC4CCC(C3)N4)c2cc1C1CC1. The molecule has 1 N–H and O–H groups in total. The first-order valence-electron chi connectivity index (χ1n) is 8.02. The Morgan fingerprint density at radius 2 is 1.80 bits per heavy atom. The Hall–Kier alpha value is -1.35. The Morgan fingerprint density at radius 1 is 1.00 bits per heavy atom. The minimum atomic E-state index is 0.587. The van der Waals surface area contributed by atoms with E-state index in [1.807, 2.05) is 0 Å². The summed E-state index contributed by atoms with van der Waals surface area (Å²) in [6.07, 6.45) is 7.83. The van der Waals surface area contributed by atoms with Gasteiger partial charge in [0.25, 0.3) is 0 Å². The van der Waals surface area contributed by atoms with Gasteiger partial charge in [0.2, 0.25) is 0 Å². The van der Waals surface area contributed by atoms with Crippen LogP contribution < -0.4 is 5.32 Å². The second kappa shape index (κ2) is 4.08. The van der Waals surface area contributed by atoms with E-state index in [-0.39, 0.29) is 0 Å². The van der Waals surface area contributed by atoms with Gasteiger partial charge >= 0.3 is 0 Å². The van der Waals surface area contributed by atoms with Gasteiger partial charge in [-0.3, -0.25) is 0 Å². The predicted molar refractivity (Wildman–Crippen MR) is 77.9 cm³/mol. The molecule has 1 saturated carbocycles. The number of aromatic nitrogens is 1. The minimum absolute atomic E-state index is 0.587. The molecular weight excluding hydrogens is 248 g/mol. The molecule has 3 heteroatoms. The highest BCUT2D eigenvalue weighted by Gasteiger charge is 2.36. The van der Waals surface area contributed by atoms with Crippen LogP contribution in [-0.2, 0) is 0 Å². The second-order valence-corrected chi connectivity index (χ2v) is 6.90. The molecular formula is C17H20N2O. The smallest absolute Gasteiger partial charge is 0.167 e. The fourth-order valence-corrected chi connectivity index (χ4v) is 4.22. The van der Waals surface area contributed by atoms with Crippen LogP contribution in [0.3, 0.4) is 0 Å². The van der Waals surface area contributed by atoms with Crippen LogP contribution in [0.2, 0.25) is 0 Å². The number of fused-ring (bicyclic) bond motifs is 3. The first kappa shape index (κ1) is 11.3. The van der Waals surface area contributed by atoms with Crippen molar-refractivity contribution in [1.82, 2.24) is 10.5 Å². The van der Waals surface area contributed by atoms with Gasteiger partial charge < -0.3 is 9.84 Å². The maximum atomic E-state index is 5.58. The van der Waals surface area contributed by atoms with Gasteiger partial charge in [-0.2, -0.15) is 0 Å².